The van der Waals surface area contributed by atoms with Gasteiger partial charge in [0.05, 0.1) is 0 Å². The summed E-state index contributed by atoms with van der Waals surface area (Å²) in [6.45, 7) is 2.35. The number of rotatable bonds is 3. The maximum atomic E-state index is 13.3. The summed E-state index contributed by atoms with van der Waals surface area (Å²) in [7, 11) is 0. The van der Waals surface area contributed by atoms with Gasteiger partial charge in [-0.3, -0.25) is 0 Å². The second-order valence-corrected chi connectivity index (χ2v) is 5.68. The van der Waals surface area contributed by atoms with E-state index in [2.05, 4.69) is 6.07 Å². The lowest BCUT2D eigenvalue weighted by Crippen LogP contribution is -2.18. The van der Waals surface area contributed by atoms with Crippen LogP contribution in [0.4, 0.5) is 4.39 Å². The topological polar surface area (TPSA) is 35.2 Å². The highest BCUT2D eigenvalue weighted by Crippen LogP contribution is 2.34. The third-order valence-corrected chi connectivity index (χ3v) is 4.21. The van der Waals surface area contributed by atoms with E-state index in [0.29, 0.717) is 6.61 Å². The van der Waals surface area contributed by atoms with Gasteiger partial charge in [-0.05, 0) is 66.6 Å². The van der Waals surface area contributed by atoms with Crippen LogP contribution in [0, 0.1) is 12.7 Å². The average molecular weight is 285 g/mol. The van der Waals surface area contributed by atoms with Gasteiger partial charge in [0, 0.05) is 6.04 Å². The van der Waals surface area contributed by atoms with E-state index in [1.165, 1.54) is 23.3 Å². The molecule has 0 fully saturated rings. The van der Waals surface area contributed by atoms with E-state index < -0.39 is 0 Å². The van der Waals surface area contributed by atoms with E-state index in [4.69, 9.17) is 10.5 Å². The molecule has 0 amide bonds. The van der Waals surface area contributed by atoms with Gasteiger partial charge in [-0.25, -0.2) is 4.39 Å². The number of hydrogen-bond donors (Lipinski definition) is 1. The Morgan fingerprint density at radius 1 is 1.29 bits per heavy atom. The molecule has 0 heterocycles. The van der Waals surface area contributed by atoms with Crippen molar-refractivity contribution in [3.63, 3.8) is 0 Å². The number of benzene rings is 2. The molecule has 0 spiro atoms. The number of ether oxygens (including phenoxy) is 1. The van der Waals surface area contributed by atoms with Gasteiger partial charge in [0.15, 0.2) is 0 Å². The summed E-state index contributed by atoms with van der Waals surface area (Å²) < 4.78 is 19.3. The van der Waals surface area contributed by atoms with Crippen LogP contribution in [-0.2, 0) is 13.0 Å². The van der Waals surface area contributed by atoms with E-state index in [9.17, 15) is 4.39 Å². The van der Waals surface area contributed by atoms with Crippen LogP contribution in [0.25, 0.3) is 0 Å². The van der Waals surface area contributed by atoms with E-state index >= 15 is 0 Å². The fourth-order valence-corrected chi connectivity index (χ4v) is 2.94. The molecule has 0 saturated heterocycles. The molecule has 2 N–H and O–H groups in total. The Bertz CT molecular complexity index is 654. The molecule has 2 aromatic carbocycles. The molecule has 1 aliphatic rings. The summed E-state index contributed by atoms with van der Waals surface area (Å²) >= 11 is 0. The molecule has 3 heteroatoms. The van der Waals surface area contributed by atoms with Crippen molar-refractivity contribution in [3.8, 4) is 5.75 Å². The Morgan fingerprint density at radius 2 is 2.14 bits per heavy atom. The zero-order valence-corrected chi connectivity index (χ0v) is 12.2. The summed E-state index contributed by atoms with van der Waals surface area (Å²) in [5.74, 6) is 0.655. The second kappa shape index (κ2) is 5.86. The van der Waals surface area contributed by atoms with E-state index in [1.54, 1.807) is 6.07 Å². The Kier molecular flexibility index (Phi) is 3.93. The van der Waals surface area contributed by atoms with Gasteiger partial charge < -0.3 is 10.5 Å². The van der Waals surface area contributed by atoms with Gasteiger partial charge in [-0.2, -0.15) is 0 Å². The first-order chi connectivity index (χ1) is 10.1. The van der Waals surface area contributed by atoms with E-state index in [1.807, 2.05) is 19.1 Å². The van der Waals surface area contributed by atoms with Gasteiger partial charge in [0.2, 0.25) is 0 Å². The highest BCUT2D eigenvalue weighted by molar-refractivity contribution is 5.43. The van der Waals surface area contributed by atoms with Crippen LogP contribution < -0.4 is 10.5 Å². The standard InChI is InChI=1S/C18H20FNO/c1-12-8-9-14(19)10-13(12)11-21-18-7-3-4-15-16(18)5-2-6-17(15)20/h3-4,7-10,17H,2,5-6,11,20H2,1H3. The Hall–Kier alpha value is -1.87. The van der Waals surface area contributed by atoms with Crippen LogP contribution >= 0.6 is 0 Å². The van der Waals surface area contributed by atoms with Crippen molar-refractivity contribution >= 4 is 0 Å². The van der Waals surface area contributed by atoms with Crippen molar-refractivity contribution in [2.24, 2.45) is 5.73 Å². The van der Waals surface area contributed by atoms with Crippen LogP contribution in [0.1, 0.15) is 41.1 Å². The first kappa shape index (κ1) is 14.1. The predicted molar refractivity (Wildman–Crippen MR) is 81.8 cm³/mol. The lowest BCUT2D eigenvalue weighted by Gasteiger charge is -2.24. The summed E-state index contributed by atoms with van der Waals surface area (Å²) in [6.07, 6.45) is 3.12. The molecule has 0 radical (unpaired) electrons. The SMILES string of the molecule is Cc1ccc(F)cc1COc1cccc2c1CCCC2N. The Balaban J connectivity index is 1.83. The minimum atomic E-state index is -0.226. The molecule has 3 rings (SSSR count). The van der Waals surface area contributed by atoms with Crippen molar-refractivity contribution in [3.05, 3.63) is 64.5 Å². The fourth-order valence-electron chi connectivity index (χ4n) is 2.94. The van der Waals surface area contributed by atoms with Gasteiger partial charge in [-0.15, -0.1) is 0 Å². The van der Waals surface area contributed by atoms with Gasteiger partial charge >= 0.3 is 0 Å². The third-order valence-electron chi connectivity index (χ3n) is 4.21. The molecule has 0 saturated carbocycles. The van der Waals surface area contributed by atoms with Crippen LogP contribution in [0.15, 0.2) is 36.4 Å². The molecule has 1 atom stereocenters. The number of nitrogens with two attached hydrogens (primary N) is 1. The number of aryl methyl sites for hydroxylation is 1. The smallest absolute Gasteiger partial charge is 0.123 e. The summed E-state index contributed by atoms with van der Waals surface area (Å²) in [5, 5.41) is 0. The minimum absolute atomic E-state index is 0.105. The van der Waals surface area contributed by atoms with Crippen molar-refractivity contribution in [1.29, 1.82) is 0 Å². The third kappa shape index (κ3) is 2.93. The molecule has 0 aromatic heterocycles. The minimum Gasteiger partial charge on any atom is -0.489 e. The molecule has 110 valence electrons. The number of hydrogen-bond acceptors (Lipinski definition) is 2. The largest absolute Gasteiger partial charge is 0.489 e. The number of halogens is 1. The zero-order valence-electron chi connectivity index (χ0n) is 12.2. The number of fused-ring (bicyclic) bond motifs is 1. The highest BCUT2D eigenvalue weighted by atomic mass is 19.1. The van der Waals surface area contributed by atoms with Crippen LogP contribution in [0.5, 0.6) is 5.75 Å². The lowest BCUT2D eigenvalue weighted by atomic mass is 9.87. The first-order valence-electron chi connectivity index (χ1n) is 7.40. The average Bonchev–Trinajstić information content (AvgIpc) is 2.49. The maximum Gasteiger partial charge on any atom is 0.123 e. The molecule has 2 nitrogen and oxygen atoms in total. The molecule has 2 aromatic rings. The molecule has 0 aliphatic heterocycles. The fraction of sp³-hybridized carbons (Fsp3) is 0.333. The van der Waals surface area contributed by atoms with Gasteiger partial charge in [-0.1, -0.05) is 18.2 Å². The molecule has 21 heavy (non-hydrogen) atoms. The maximum absolute atomic E-state index is 13.3. The second-order valence-electron chi connectivity index (χ2n) is 5.68. The first-order valence-corrected chi connectivity index (χ1v) is 7.40. The molecule has 1 aliphatic carbocycles. The van der Waals surface area contributed by atoms with Crippen LogP contribution in [0.3, 0.4) is 0 Å². The Labute approximate surface area is 124 Å². The summed E-state index contributed by atoms with van der Waals surface area (Å²) in [6, 6.07) is 10.9. The zero-order chi connectivity index (χ0) is 14.8. The summed E-state index contributed by atoms with van der Waals surface area (Å²) in [4.78, 5) is 0. The molecule has 1 unspecified atom stereocenters. The molecular formula is C18H20FNO. The lowest BCUT2D eigenvalue weighted by molar-refractivity contribution is 0.299. The normalized spacial score (nSPS) is 17.4. The van der Waals surface area contributed by atoms with Crippen molar-refractivity contribution in [1.82, 2.24) is 0 Å². The van der Waals surface area contributed by atoms with Crippen LogP contribution in [-0.4, -0.2) is 0 Å². The molecular weight excluding hydrogens is 265 g/mol. The van der Waals surface area contributed by atoms with Crippen LogP contribution in [0.2, 0.25) is 0 Å². The predicted octanol–water partition coefficient (Wildman–Crippen LogP) is 4.05. The molecule has 0 bridgehead atoms. The van der Waals surface area contributed by atoms with E-state index in [-0.39, 0.29) is 11.9 Å². The quantitative estimate of drug-likeness (QED) is 0.923. The highest BCUT2D eigenvalue weighted by Gasteiger charge is 2.19. The summed E-state index contributed by atoms with van der Waals surface area (Å²) in [5.41, 5.74) is 10.5. The van der Waals surface area contributed by atoms with Gasteiger partial charge in [0.1, 0.15) is 18.2 Å². The van der Waals surface area contributed by atoms with E-state index in [0.717, 1.165) is 36.1 Å². The van der Waals surface area contributed by atoms with Crippen molar-refractivity contribution < 1.29 is 9.13 Å². The van der Waals surface area contributed by atoms with Gasteiger partial charge in [0.25, 0.3) is 0 Å². The van der Waals surface area contributed by atoms with Crippen molar-refractivity contribution in [2.45, 2.75) is 38.8 Å². The monoisotopic (exact) mass is 285 g/mol. The Morgan fingerprint density at radius 3 is 3.00 bits per heavy atom. The van der Waals surface area contributed by atoms with Crippen molar-refractivity contribution in [2.75, 3.05) is 0 Å².